The lowest BCUT2D eigenvalue weighted by molar-refractivity contribution is -0.134. The first-order chi connectivity index (χ1) is 14.4. The minimum Gasteiger partial charge on any atom is -0.395 e. The third kappa shape index (κ3) is 3.31. The SMILES string of the molecule is CCn1ncc(S(=O)(=O)n2cc3c(n2)CN(C(=O)[C@H](CO)c2ccccc2)C3)c1C. The molecule has 158 valence electrons. The van der Waals surface area contributed by atoms with Crippen molar-refractivity contribution in [3.8, 4) is 0 Å². The molecule has 0 aliphatic carbocycles. The molecule has 0 saturated carbocycles. The zero-order chi connectivity index (χ0) is 21.5. The van der Waals surface area contributed by atoms with Crippen LogP contribution in [-0.4, -0.2) is 49.9 Å². The molecule has 30 heavy (non-hydrogen) atoms. The van der Waals surface area contributed by atoms with E-state index in [0.717, 1.165) is 9.65 Å². The van der Waals surface area contributed by atoms with E-state index < -0.39 is 15.9 Å². The monoisotopic (exact) mass is 429 g/mol. The van der Waals surface area contributed by atoms with Crippen molar-refractivity contribution in [2.45, 2.75) is 44.3 Å². The predicted octanol–water partition coefficient (Wildman–Crippen LogP) is 1.26. The Kier molecular flexibility index (Phi) is 5.20. The molecule has 0 spiro atoms. The van der Waals surface area contributed by atoms with Gasteiger partial charge in [-0.2, -0.15) is 22.7 Å². The van der Waals surface area contributed by atoms with Gasteiger partial charge in [-0.15, -0.1) is 0 Å². The van der Waals surface area contributed by atoms with Crippen molar-refractivity contribution in [1.82, 2.24) is 23.9 Å². The third-order valence-corrected chi connectivity index (χ3v) is 7.07. The second-order valence-electron chi connectivity index (χ2n) is 7.23. The van der Waals surface area contributed by atoms with Crippen molar-refractivity contribution in [2.24, 2.45) is 0 Å². The lowest BCUT2D eigenvalue weighted by Crippen LogP contribution is -2.33. The van der Waals surface area contributed by atoms with Crippen molar-refractivity contribution in [3.63, 3.8) is 0 Å². The Hall–Kier alpha value is -2.98. The van der Waals surface area contributed by atoms with Crippen LogP contribution in [0.3, 0.4) is 0 Å². The molecule has 10 heteroatoms. The van der Waals surface area contributed by atoms with Crippen LogP contribution >= 0.6 is 0 Å². The normalized spacial score (nSPS) is 14.7. The Morgan fingerprint density at radius 3 is 2.57 bits per heavy atom. The molecular formula is C20H23N5O4S. The minimum absolute atomic E-state index is 0.114. The summed E-state index contributed by atoms with van der Waals surface area (Å²) in [7, 11) is -3.86. The van der Waals surface area contributed by atoms with Crippen LogP contribution in [0.2, 0.25) is 0 Å². The first kappa shape index (κ1) is 20.3. The Balaban J connectivity index is 1.55. The summed E-state index contributed by atoms with van der Waals surface area (Å²) in [4.78, 5) is 14.6. The number of carbonyl (C=O) groups excluding carboxylic acids is 1. The van der Waals surface area contributed by atoms with Crippen LogP contribution in [0.15, 0.2) is 47.6 Å². The number of carbonyl (C=O) groups is 1. The van der Waals surface area contributed by atoms with Crippen molar-refractivity contribution < 1.29 is 18.3 Å². The van der Waals surface area contributed by atoms with Gasteiger partial charge in [-0.25, -0.2) is 0 Å². The van der Waals surface area contributed by atoms with Crippen LogP contribution in [0.1, 0.15) is 35.4 Å². The number of hydrogen-bond donors (Lipinski definition) is 1. The molecule has 4 rings (SSSR count). The van der Waals surface area contributed by atoms with Crippen LogP contribution in [0.5, 0.6) is 0 Å². The zero-order valence-electron chi connectivity index (χ0n) is 16.8. The highest BCUT2D eigenvalue weighted by molar-refractivity contribution is 7.89. The lowest BCUT2D eigenvalue weighted by atomic mass is 9.98. The summed E-state index contributed by atoms with van der Waals surface area (Å²) in [5.41, 5.74) is 2.51. The molecule has 1 amide bonds. The maximum atomic E-state index is 13.0. The van der Waals surface area contributed by atoms with E-state index in [4.69, 9.17) is 0 Å². The van der Waals surface area contributed by atoms with Gasteiger partial charge in [-0.3, -0.25) is 9.48 Å². The molecule has 0 radical (unpaired) electrons. The fourth-order valence-corrected chi connectivity index (χ4v) is 5.07. The van der Waals surface area contributed by atoms with Gasteiger partial charge in [0.1, 0.15) is 4.90 Å². The van der Waals surface area contributed by atoms with Crippen molar-refractivity contribution in [1.29, 1.82) is 0 Å². The molecular weight excluding hydrogens is 406 g/mol. The summed E-state index contributed by atoms with van der Waals surface area (Å²) < 4.78 is 28.5. The third-order valence-electron chi connectivity index (χ3n) is 5.43. The number of rotatable bonds is 6. The van der Waals surface area contributed by atoms with Gasteiger partial charge in [0.2, 0.25) is 5.91 Å². The number of benzene rings is 1. The number of aliphatic hydroxyl groups is 1. The highest BCUT2D eigenvalue weighted by atomic mass is 32.2. The molecule has 1 aliphatic rings. The molecule has 0 saturated heterocycles. The Morgan fingerprint density at radius 1 is 1.23 bits per heavy atom. The Morgan fingerprint density at radius 2 is 1.97 bits per heavy atom. The average Bonchev–Trinajstić information content (AvgIpc) is 3.42. The Bertz CT molecular complexity index is 1160. The number of nitrogens with zero attached hydrogens (tertiary/aromatic N) is 5. The topological polar surface area (TPSA) is 110 Å². The largest absolute Gasteiger partial charge is 0.395 e. The highest BCUT2D eigenvalue weighted by Crippen LogP contribution is 2.28. The highest BCUT2D eigenvalue weighted by Gasteiger charge is 2.33. The van der Waals surface area contributed by atoms with Gasteiger partial charge in [0, 0.05) is 24.8 Å². The molecule has 1 aliphatic heterocycles. The van der Waals surface area contributed by atoms with Crippen molar-refractivity contribution >= 4 is 15.9 Å². The van der Waals surface area contributed by atoms with Crippen LogP contribution < -0.4 is 0 Å². The number of hydrogen-bond acceptors (Lipinski definition) is 6. The van der Waals surface area contributed by atoms with Gasteiger partial charge in [-0.1, -0.05) is 30.3 Å². The predicted molar refractivity (Wildman–Crippen MR) is 108 cm³/mol. The summed E-state index contributed by atoms with van der Waals surface area (Å²) >= 11 is 0. The first-order valence-corrected chi connectivity index (χ1v) is 11.1. The van der Waals surface area contributed by atoms with E-state index >= 15 is 0 Å². The van der Waals surface area contributed by atoms with Gasteiger partial charge >= 0.3 is 0 Å². The molecule has 0 bridgehead atoms. The number of aryl methyl sites for hydroxylation is 1. The minimum atomic E-state index is -3.86. The van der Waals surface area contributed by atoms with E-state index in [1.54, 1.807) is 28.6 Å². The van der Waals surface area contributed by atoms with E-state index in [0.29, 0.717) is 23.5 Å². The van der Waals surface area contributed by atoms with Crippen LogP contribution in [0, 0.1) is 6.92 Å². The summed E-state index contributed by atoms with van der Waals surface area (Å²) in [5, 5.41) is 18.1. The van der Waals surface area contributed by atoms with E-state index in [2.05, 4.69) is 10.2 Å². The van der Waals surface area contributed by atoms with Crippen LogP contribution in [0.4, 0.5) is 0 Å². The molecule has 2 aromatic heterocycles. The van der Waals surface area contributed by atoms with Gasteiger partial charge in [0.25, 0.3) is 10.0 Å². The zero-order valence-corrected chi connectivity index (χ0v) is 17.6. The number of aromatic nitrogens is 4. The maximum Gasteiger partial charge on any atom is 0.286 e. The van der Waals surface area contributed by atoms with Crippen LogP contribution in [0.25, 0.3) is 0 Å². The van der Waals surface area contributed by atoms with Gasteiger partial charge < -0.3 is 10.0 Å². The molecule has 3 aromatic rings. The maximum absolute atomic E-state index is 13.0. The summed E-state index contributed by atoms with van der Waals surface area (Å²) in [6, 6.07) is 9.10. The van der Waals surface area contributed by atoms with Gasteiger partial charge in [0.05, 0.1) is 36.7 Å². The molecule has 0 unspecified atom stereocenters. The molecule has 1 aromatic carbocycles. The quantitative estimate of drug-likeness (QED) is 0.632. The molecule has 1 N–H and O–H groups in total. The summed E-state index contributed by atoms with van der Waals surface area (Å²) in [6.07, 6.45) is 2.79. The summed E-state index contributed by atoms with van der Waals surface area (Å²) in [6.45, 7) is 4.32. The molecule has 1 atom stereocenters. The second-order valence-corrected chi connectivity index (χ2v) is 8.99. The lowest BCUT2D eigenvalue weighted by Gasteiger charge is -2.22. The van der Waals surface area contributed by atoms with Crippen LogP contribution in [-0.2, 0) is 34.5 Å². The molecule has 9 nitrogen and oxygen atoms in total. The second kappa shape index (κ2) is 7.69. The fraction of sp³-hybridized carbons (Fsp3) is 0.350. The van der Waals surface area contributed by atoms with Crippen molar-refractivity contribution in [3.05, 3.63) is 65.2 Å². The summed E-state index contributed by atoms with van der Waals surface area (Å²) in [5.74, 6) is -0.871. The van der Waals surface area contributed by atoms with E-state index in [-0.39, 0.29) is 30.5 Å². The Labute approximate surface area is 174 Å². The van der Waals surface area contributed by atoms with E-state index in [1.807, 2.05) is 25.1 Å². The van der Waals surface area contributed by atoms with E-state index in [1.165, 1.54) is 12.4 Å². The van der Waals surface area contributed by atoms with Gasteiger partial charge in [0.15, 0.2) is 0 Å². The van der Waals surface area contributed by atoms with Gasteiger partial charge in [-0.05, 0) is 19.4 Å². The van der Waals surface area contributed by atoms with Crippen molar-refractivity contribution in [2.75, 3.05) is 6.61 Å². The molecule has 3 heterocycles. The van der Waals surface area contributed by atoms with E-state index in [9.17, 15) is 18.3 Å². The smallest absolute Gasteiger partial charge is 0.286 e. The standard InChI is InChI=1S/C20H23N5O4S/c1-3-24-14(2)19(9-21-24)30(28,29)25-11-16-10-23(12-18(16)22-25)20(27)17(13-26)15-7-5-4-6-8-15/h4-9,11,17,26H,3,10,12-13H2,1-2H3/t17-/m1/s1. The number of amides is 1. The first-order valence-electron chi connectivity index (χ1n) is 9.66. The molecule has 0 fully saturated rings. The average molecular weight is 430 g/mol. The number of fused-ring (bicyclic) bond motifs is 1. The number of aliphatic hydroxyl groups excluding tert-OH is 1. The fourth-order valence-electron chi connectivity index (χ4n) is 3.74.